The molecule has 3 N–H and O–H groups in total. The second kappa shape index (κ2) is 13.9. The number of rotatable bonds is 11. The Kier molecular flexibility index (Phi) is 10.8. The van der Waals surface area contributed by atoms with Crippen LogP contribution in [0.2, 0.25) is 0 Å². The molecule has 1 aliphatic heterocycles. The molecule has 1 saturated carbocycles. The molecule has 2 fully saturated rings. The Hall–Kier alpha value is -3.86. The van der Waals surface area contributed by atoms with Crippen LogP contribution in [0, 0.1) is 27.4 Å². The lowest BCUT2D eigenvalue weighted by Gasteiger charge is -2.36. The first-order valence-electron chi connectivity index (χ1n) is 13.8. The van der Waals surface area contributed by atoms with Crippen molar-refractivity contribution in [3.63, 3.8) is 0 Å². The van der Waals surface area contributed by atoms with Crippen LogP contribution >= 0.6 is 9.39 Å². The molecule has 228 valence electrons. The highest BCUT2D eigenvalue weighted by Gasteiger charge is 2.46. The predicted octanol–water partition coefficient (Wildman–Crippen LogP) is 2.65. The summed E-state index contributed by atoms with van der Waals surface area (Å²) in [7, 11) is 1.98. The largest absolute Gasteiger partial charge is 0.413 e. The van der Waals surface area contributed by atoms with Crippen molar-refractivity contribution in [3.8, 4) is 5.75 Å². The molecule has 1 aromatic rings. The summed E-state index contributed by atoms with van der Waals surface area (Å²) in [6.07, 6.45) is 4.21. The van der Waals surface area contributed by atoms with E-state index < -0.39 is 64.0 Å². The normalized spacial score (nSPS) is 20.0. The fourth-order valence-electron chi connectivity index (χ4n) is 5.13. The Balaban J connectivity index is 1.79. The fourth-order valence-corrected chi connectivity index (χ4v) is 5.27. The summed E-state index contributed by atoms with van der Waals surface area (Å²) in [5, 5.41) is 18.4. The number of nitro groups is 1. The van der Waals surface area contributed by atoms with E-state index in [0.29, 0.717) is 12.8 Å². The van der Waals surface area contributed by atoms with Crippen molar-refractivity contribution in [1.82, 2.24) is 20.6 Å². The third-order valence-corrected chi connectivity index (χ3v) is 7.98. The number of nitrogens with zero attached hydrogens (tertiary/aromatic N) is 2. The van der Waals surface area contributed by atoms with Crippen LogP contribution in [-0.2, 0) is 19.2 Å². The van der Waals surface area contributed by atoms with E-state index >= 15 is 0 Å². The fraction of sp³-hybridized carbons (Fsp3) is 0.536. The first kappa shape index (κ1) is 32.7. The van der Waals surface area contributed by atoms with Gasteiger partial charge in [0, 0.05) is 24.6 Å². The van der Waals surface area contributed by atoms with Gasteiger partial charge in [0.05, 0.1) is 11.0 Å². The minimum absolute atomic E-state index is 0.0417. The maximum Gasteiger partial charge on any atom is 0.413 e. The van der Waals surface area contributed by atoms with Gasteiger partial charge in [-0.1, -0.05) is 46.1 Å². The molecule has 5 atom stereocenters. The molecule has 0 aromatic heterocycles. The molecule has 1 aliphatic carbocycles. The van der Waals surface area contributed by atoms with Crippen molar-refractivity contribution < 1.29 is 33.6 Å². The minimum Gasteiger partial charge on any atom is -0.410 e. The van der Waals surface area contributed by atoms with E-state index in [-0.39, 0.29) is 23.9 Å². The number of Topliss-reactive ketones (excluding diaryl/α,β-unsaturated/α-hetero) is 1. The van der Waals surface area contributed by atoms with Gasteiger partial charge >= 0.3 is 6.09 Å². The van der Waals surface area contributed by atoms with Crippen molar-refractivity contribution in [2.45, 2.75) is 71.0 Å². The number of amides is 4. The maximum absolute atomic E-state index is 13.9. The van der Waals surface area contributed by atoms with Crippen LogP contribution in [0.15, 0.2) is 36.9 Å². The van der Waals surface area contributed by atoms with Crippen LogP contribution in [0.5, 0.6) is 5.75 Å². The van der Waals surface area contributed by atoms with Crippen LogP contribution in [-0.4, -0.2) is 64.1 Å². The van der Waals surface area contributed by atoms with Gasteiger partial charge in [-0.05, 0) is 45.7 Å². The molecule has 42 heavy (non-hydrogen) atoms. The van der Waals surface area contributed by atoms with Crippen molar-refractivity contribution in [2.75, 3.05) is 6.54 Å². The molecule has 1 heterocycles. The molecule has 14 heteroatoms. The standard InChI is InChI=1S/C28H38N5O8P/c1-5-17-13-14-32(21(17)24(35)29-20(15-16-7-6-8-16)22(34)25(36)31-42)26(37)23(28(2,3)4)30-27(38)41-19-11-9-18(10-12-19)33(39)40/h5,9-12,16-17,20-21,23H,1,6-8,13-15,42H2,2-4H3,(H,29,35)(H,30,38)(H,31,36)/t17-,20?,21-,23+/m0/s1. The van der Waals surface area contributed by atoms with Gasteiger partial charge in [-0.25, -0.2) is 4.79 Å². The molecular formula is C28H38N5O8P. The van der Waals surface area contributed by atoms with Crippen molar-refractivity contribution >= 4 is 44.7 Å². The van der Waals surface area contributed by atoms with E-state index in [1.165, 1.54) is 29.2 Å². The minimum atomic E-state index is -1.11. The zero-order chi connectivity index (χ0) is 31.2. The molecule has 3 rings (SSSR count). The average Bonchev–Trinajstić information content (AvgIpc) is 3.35. The SMILES string of the molecule is C=C[C@H]1CCN(C(=O)[C@@H](NC(=O)Oc2ccc([N+](=O)[O-])cc2)C(C)(C)C)[C@@H]1C(=O)NC(CC1CCC1)C(=O)C(=O)NP. The lowest BCUT2D eigenvalue weighted by Crippen LogP contribution is -2.60. The molecule has 1 saturated heterocycles. The van der Waals surface area contributed by atoms with E-state index in [1.54, 1.807) is 26.8 Å². The van der Waals surface area contributed by atoms with Crippen LogP contribution < -0.4 is 20.5 Å². The Morgan fingerprint density at radius 2 is 1.79 bits per heavy atom. The topological polar surface area (TPSA) is 177 Å². The van der Waals surface area contributed by atoms with E-state index in [0.717, 1.165) is 19.3 Å². The summed E-state index contributed by atoms with van der Waals surface area (Å²) < 4.78 is 5.25. The summed E-state index contributed by atoms with van der Waals surface area (Å²) in [6.45, 7) is 9.25. The van der Waals surface area contributed by atoms with Gasteiger partial charge in [0.2, 0.25) is 17.6 Å². The quantitative estimate of drug-likeness (QED) is 0.114. The molecular weight excluding hydrogens is 565 g/mol. The number of nitro benzene ring substituents is 1. The summed E-state index contributed by atoms with van der Waals surface area (Å²) >= 11 is 0. The number of nitrogens with one attached hydrogen (secondary N) is 3. The van der Waals surface area contributed by atoms with Crippen LogP contribution in [0.3, 0.4) is 0 Å². The highest BCUT2D eigenvalue weighted by molar-refractivity contribution is 7.15. The second-order valence-corrected chi connectivity index (χ2v) is 12.0. The first-order valence-corrected chi connectivity index (χ1v) is 14.4. The number of hydrogen-bond donors (Lipinski definition) is 3. The van der Waals surface area contributed by atoms with Gasteiger partial charge in [-0.3, -0.25) is 29.3 Å². The number of hydrogen-bond acceptors (Lipinski definition) is 8. The van der Waals surface area contributed by atoms with Gasteiger partial charge in [-0.2, -0.15) is 0 Å². The average molecular weight is 604 g/mol. The van der Waals surface area contributed by atoms with E-state index in [9.17, 15) is 34.1 Å². The van der Waals surface area contributed by atoms with Gasteiger partial charge < -0.3 is 25.4 Å². The van der Waals surface area contributed by atoms with Crippen LogP contribution in [0.1, 0.15) is 52.9 Å². The molecule has 0 spiro atoms. The molecule has 4 amide bonds. The zero-order valence-electron chi connectivity index (χ0n) is 24.0. The highest BCUT2D eigenvalue weighted by atomic mass is 31.0. The summed E-state index contributed by atoms with van der Waals surface area (Å²) in [5.41, 5.74) is -0.982. The van der Waals surface area contributed by atoms with Crippen LogP contribution in [0.4, 0.5) is 10.5 Å². The lowest BCUT2D eigenvalue weighted by atomic mass is 9.80. The number of non-ortho nitro benzene ring substituents is 1. The number of benzene rings is 1. The van der Waals surface area contributed by atoms with Gasteiger partial charge in [0.15, 0.2) is 0 Å². The number of ether oxygens (including phenoxy) is 1. The van der Waals surface area contributed by atoms with Crippen molar-refractivity contribution in [1.29, 1.82) is 0 Å². The number of carbonyl (C=O) groups is 5. The first-order chi connectivity index (χ1) is 19.8. The van der Waals surface area contributed by atoms with Gasteiger partial charge in [0.25, 0.3) is 11.6 Å². The van der Waals surface area contributed by atoms with Gasteiger partial charge in [-0.15, -0.1) is 6.58 Å². The smallest absolute Gasteiger partial charge is 0.410 e. The molecule has 1 aromatic carbocycles. The maximum atomic E-state index is 13.9. The monoisotopic (exact) mass is 603 g/mol. The van der Waals surface area contributed by atoms with Gasteiger partial charge in [0.1, 0.15) is 17.8 Å². The Labute approximate surface area is 246 Å². The highest BCUT2D eigenvalue weighted by Crippen LogP contribution is 2.32. The lowest BCUT2D eigenvalue weighted by molar-refractivity contribution is -0.384. The Bertz CT molecular complexity index is 1230. The molecule has 13 nitrogen and oxygen atoms in total. The van der Waals surface area contributed by atoms with E-state index in [2.05, 4.69) is 22.3 Å². The summed E-state index contributed by atoms with van der Waals surface area (Å²) in [6, 6.07) is 1.73. The summed E-state index contributed by atoms with van der Waals surface area (Å²) in [4.78, 5) is 76.9. The summed E-state index contributed by atoms with van der Waals surface area (Å²) in [5.74, 6) is -2.88. The number of likely N-dealkylation sites (tertiary alicyclic amines) is 1. The molecule has 2 aliphatic rings. The molecule has 2 unspecified atom stereocenters. The molecule has 0 radical (unpaired) electrons. The Morgan fingerprint density at radius 3 is 2.29 bits per heavy atom. The number of ketones is 1. The second-order valence-electron chi connectivity index (χ2n) is 11.7. The van der Waals surface area contributed by atoms with Crippen LogP contribution in [0.25, 0.3) is 0 Å². The number of carbonyl (C=O) groups excluding carboxylic acids is 5. The van der Waals surface area contributed by atoms with Crippen molar-refractivity contribution in [2.24, 2.45) is 17.3 Å². The predicted molar refractivity (Wildman–Crippen MR) is 156 cm³/mol. The van der Waals surface area contributed by atoms with Crippen molar-refractivity contribution in [3.05, 3.63) is 47.0 Å². The third kappa shape index (κ3) is 7.90. The van der Waals surface area contributed by atoms with E-state index in [4.69, 9.17) is 4.74 Å². The van der Waals surface area contributed by atoms with E-state index in [1.807, 2.05) is 9.39 Å². The molecule has 0 bridgehead atoms. The zero-order valence-corrected chi connectivity index (χ0v) is 25.1. The third-order valence-electron chi connectivity index (χ3n) is 7.71. The Morgan fingerprint density at radius 1 is 1.14 bits per heavy atom.